The van der Waals surface area contributed by atoms with Gasteiger partial charge in [0, 0.05) is 31.6 Å². The van der Waals surface area contributed by atoms with Gasteiger partial charge in [-0.05, 0) is 37.1 Å². The van der Waals surface area contributed by atoms with Crippen molar-refractivity contribution in [3.63, 3.8) is 0 Å². The summed E-state index contributed by atoms with van der Waals surface area (Å²) in [6, 6.07) is 4.98. The molecule has 0 bridgehead atoms. The Kier molecular flexibility index (Phi) is 5.12. The van der Waals surface area contributed by atoms with Crippen LogP contribution in [-0.2, 0) is 9.59 Å². The van der Waals surface area contributed by atoms with Crippen molar-refractivity contribution in [3.8, 4) is 5.75 Å². The highest BCUT2D eigenvalue weighted by atomic mass is 19.4. The summed E-state index contributed by atoms with van der Waals surface area (Å²) in [6.45, 7) is 2.56. The number of carbonyl (C=O) groups excluding carboxylic acids is 2. The number of carbonyl (C=O) groups is 2. The number of hydrogen-bond acceptors (Lipinski definition) is 3. The second-order valence-electron chi connectivity index (χ2n) is 5.34. The van der Waals surface area contributed by atoms with Crippen molar-refractivity contribution in [1.29, 1.82) is 0 Å². The fourth-order valence-corrected chi connectivity index (χ4v) is 2.44. The summed E-state index contributed by atoms with van der Waals surface area (Å²) in [5.74, 6) is -0.760. The highest BCUT2D eigenvalue weighted by Crippen LogP contribution is 2.25. The van der Waals surface area contributed by atoms with Gasteiger partial charge < -0.3 is 15.0 Å². The molecular formula is C15H17F3N2O3. The van der Waals surface area contributed by atoms with Gasteiger partial charge in [-0.25, -0.2) is 0 Å². The first-order chi connectivity index (χ1) is 10.7. The van der Waals surface area contributed by atoms with Crippen LogP contribution in [0.2, 0.25) is 0 Å². The lowest BCUT2D eigenvalue weighted by molar-refractivity contribution is -0.274. The Labute approximate surface area is 131 Å². The van der Waals surface area contributed by atoms with E-state index in [1.54, 1.807) is 4.90 Å². The Bertz CT molecular complexity index is 564. The molecule has 1 N–H and O–H groups in total. The van der Waals surface area contributed by atoms with Gasteiger partial charge in [-0.3, -0.25) is 9.59 Å². The minimum absolute atomic E-state index is 0.0101. The van der Waals surface area contributed by atoms with E-state index >= 15 is 0 Å². The van der Waals surface area contributed by atoms with E-state index in [-0.39, 0.29) is 23.5 Å². The minimum atomic E-state index is -4.74. The van der Waals surface area contributed by atoms with Crippen LogP contribution < -0.4 is 10.1 Å². The number of ether oxygens (including phenoxy) is 1. The van der Waals surface area contributed by atoms with Gasteiger partial charge in [-0.15, -0.1) is 13.2 Å². The zero-order valence-electron chi connectivity index (χ0n) is 12.5. The zero-order valence-corrected chi connectivity index (χ0v) is 12.5. The van der Waals surface area contributed by atoms with Gasteiger partial charge in [-0.2, -0.15) is 0 Å². The quantitative estimate of drug-likeness (QED) is 0.927. The normalized spacial score (nSPS) is 16.1. The van der Waals surface area contributed by atoms with Crippen LogP contribution in [0, 0.1) is 5.92 Å². The molecule has 0 saturated carbocycles. The second-order valence-corrected chi connectivity index (χ2v) is 5.34. The molecule has 0 radical (unpaired) electrons. The Morgan fingerprint density at radius 2 is 1.74 bits per heavy atom. The van der Waals surface area contributed by atoms with Crippen molar-refractivity contribution in [1.82, 2.24) is 4.90 Å². The lowest BCUT2D eigenvalue weighted by Crippen LogP contribution is -2.40. The van der Waals surface area contributed by atoms with Crippen LogP contribution in [0.4, 0.5) is 18.9 Å². The van der Waals surface area contributed by atoms with Crippen molar-refractivity contribution in [2.75, 3.05) is 18.4 Å². The van der Waals surface area contributed by atoms with Gasteiger partial charge in [0.2, 0.25) is 11.8 Å². The van der Waals surface area contributed by atoms with Crippen LogP contribution in [0.15, 0.2) is 24.3 Å². The lowest BCUT2D eigenvalue weighted by atomic mass is 9.96. The van der Waals surface area contributed by atoms with E-state index in [1.165, 1.54) is 19.1 Å². The highest BCUT2D eigenvalue weighted by molar-refractivity contribution is 5.92. The Balaban J connectivity index is 1.87. The van der Waals surface area contributed by atoms with Crippen LogP contribution in [-0.4, -0.2) is 36.2 Å². The van der Waals surface area contributed by atoms with Crippen molar-refractivity contribution in [3.05, 3.63) is 24.3 Å². The standard InChI is InChI=1S/C15H17F3N2O3/c1-10(21)20-8-6-11(7-9-20)14(22)19-12-2-4-13(5-3-12)23-15(16,17)18/h2-5,11H,6-9H2,1H3,(H,19,22). The molecule has 0 aromatic heterocycles. The third-order valence-electron chi connectivity index (χ3n) is 3.67. The van der Waals surface area contributed by atoms with Crippen LogP contribution in [0.3, 0.4) is 0 Å². The van der Waals surface area contributed by atoms with E-state index in [1.807, 2.05) is 0 Å². The van der Waals surface area contributed by atoms with Gasteiger partial charge in [0.05, 0.1) is 0 Å². The summed E-state index contributed by atoms with van der Waals surface area (Å²) < 4.78 is 40.0. The average molecular weight is 330 g/mol. The number of anilines is 1. The average Bonchev–Trinajstić information content (AvgIpc) is 2.48. The van der Waals surface area contributed by atoms with E-state index < -0.39 is 6.36 Å². The van der Waals surface area contributed by atoms with E-state index in [4.69, 9.17) is 0 Å². The molecule has 1 aliphatic rings. The third-order valence-corrected chi connectivity index (χ3v) is 3.67. The Morgan fingerprint density at radius 3 is 2.22 bits per heavy atom. The third kappa shape index (κ3) is 5.15. The van der Waals surface area contributed by atoms with Gasteiger partial charge in [0.15, 0.2) is 0 Å². The Hall–Kier alpha value is -2.25. The largest absolute Gasteiger partial charge is 0.573 e. The topological polar surface area (TPSA) is 58.6 Å². The summed E-state index contributed by atoms with van der Waals surface area (Å²) in [4.78, 5) is 25.1. The fourth-order valence-electron chi connectivity index (χ4n) is 2.44. The first kappa shape index (κ1) is 17.1. The number of nitrogens with one attached hydrogen (secondary N) is 1. The van der Waals surface area contributed by atoms with Gasteiger partial charge in [0.25, 0.3) is 0 Å². The van der Waals surface area contributed by atoms with Crippen molar-refractivity contribution in [2.45, 2.75) is 26.1 Å². The number of amides is 2. The molecule has 1 aliphatic heterocycles. The lowest BCUT2D eigenvalue weighted by Gasteiger charge is -2.30. The first-order valence-corrected chi connectivity index (χ1v) is 7.17. The van der Waals surface area contributed by atoms with E-state index in [0.29, 0.717) is 31.6 Å². The molecule has 23 heavy (non-hydrogen) atoms. The van der Waals surface area contributed by atoms with Crippen LogP contribution >= 0.6 is 0 Å². The summed E-state index contributed by atoms with van der Waals surface area (Å²) >= 11 is 0. The minimum Gasteiger partial charge on any atom is -0.406 e. The molecule has 0 spiro atoms. The number of likely N-dealkylation sites (tertiary alicyclic amines) is 1. The number of halogens is 3. The van der Waals surface area contributed by atoms with Gasteiger partial charge in [-0.1, -0.05) is 0 Å². The Morgan fingerprint density at radius 1 is 1.17 bits per heavy atom. The maximum Gasteiger partial charge on any atom is 0.573 e. The molecule has 5 nitrogen and oxygen atoms in total. The monoisotopic (exact) mass is 330 g/mol. The molecule has 0 atom stereocenters. The molecule has 8 heteroatoms. The van der Waals surface area contributed by atoms with E-state index in [9.17, 15) is 22.8 Å². The molecule has 1 aromatic carbocycles. The number of rotatable bonds is 3. The second kappa shape index (κ2) is 6.89. The van der Waals surface area contributed by atoms with Crippen LogP contribution in [0.1, 0.15) is 19.8 Å². The van der Waals surface area contributed by atoms with E-state index in [2.05, 4.69) is 10.1 Å². The summed E-state index contributed by atoms with van der Waals surface area (Å²) in [7, 11) is 0. The van der Waals surface area contributed by atoms with Crippen molar-refractivity contribution >= 4 is 17.5 Å². The SMILES string of the molecule is CC(=O)N1CCC(C(=O)Nc2ccc(OC(F)(F)F)cc2)CC1. The number of piperidine rings is 1. The maximum atomic E-state index is 12.1. The number of hydrogen-bond donors (Lipinski definition) is 1. The summed E-state index contributed by atoms with van der Waals surface area (Å²) in [6.07, 6.45) is -3.60. The number of alkyl halides is 3. The van der Waals surface area contributed by atoms with Gasteiger partial charge >= 0.3 is 6.36 Å². The fraction of sp³-hybridized carbons (Fsp3) is 0.467. The molecule has 126 valence electrons. The molecule has 2 rings (SSSR count). The maximum absolute atomic E-state index is 12.1. The molecule has 0 aliphatic carbocycles. The molecule has 1 saturated heterocycles. The van der Waals surface area contributed by atoms with Crippen molar-refractivity contribution < 1.29 is 27.5 Å². The van der Waals surface area contributed by atoms with Gasteiger partial charge in [0.1, 0.15) is 5.75 Å². The predicted molar refractivity (Wildman–Crippen MR) is 76.7 cm³/mol. The summed E-state index contributed by atoms with van der Waals surface area (Å²) in [5.41, 5.74) is 0.401. The zero-order chi connectivity index (χ0) is 17.0. The molecule has 0 unspecified atom stereocenters. The number of nitrogens with zero attached hydrogens (tertiary/aromatic N) is 1. The van der Waals surface area contributed by atoms with Crippen molar-refractivity contribution in [2.24, 2.45) is 5.92 Å². The van der Waals surface area contributed by atoms with Crippen LogP contribution in [0.5, 0.6) is 5.75 Å². The smallest absolute Gasteiger partial charge is 0.406 e. The molecule has 1 aromatic rings. The highest BCUT2D eigenvalue weighted by Gasteiger charge is 2.31. The predicted octanol–water partition coefficient (Wildman–Crippen LogP) is 2.78. The molecule has 1 fully saturated rings. The van der Waals surface area contributed by atoms with E-state index in [0.717, 1.165) is 12.1 Å². The molecular weight excluding hydrogens is 313 g/mol. The van der Waals surface area contributed by atoms with Crippen LogP contribution in [0.25, 0.3) is 0 Å². The molecule has 1 heterocycles. The molecule has 2 amide bonds. The first-order valence-electron chi connectivity index (χ1n) is 7.17. The summed E-state index contributed by atoms with van der Waals surface area (Å²) in [5, 5.41) is 2.67. The number of benzene rings is 1.